The van der Waals surface area contributed by atoms with Crippen molar-refractivity contribution in [2.75, 3.05) is 0 Å². The maximum atomic E-state index is 13.4. The van der Waals surface area contributed by atoms with Gasteiger partial charge in [0.05, 0.1) is 17.4 Å². The van der Waals surface area contributed by atoms with Crippen LogP contribution in [0.15, 0.2) is 18.2 Å². The van der Waals surface area contributed by atoms with E-state index in [-0.39, 0.29) is 18.0 Å². The van der Waals surface area contributed by atoms with Gasteiger partial charge in [-0.2, -0.15) is 9.65 Å². The number of carbonyl (C=O) groups is 1. The first-order valence-electron chi connectivity index (χ1n) is 5.61. The summed E-state index contributed by atoms with van der Waals surface area (Å²) in [6, 6.07) is 4.54. The summed E-state index contributed by atoms with van der Waals surface area (Å²) in [7, 11) is 0. The van der Waals surface area contributed by atoms with Crippen LogP contribution in [0.4, 0.5) is 10.1 Å². The van der Waals surface area contributed by atoms with Gasteiger partial charge in [-0.1, -0.05) is 6.92 Å². The highest BCUT2D eigenvalue weighted by Gasteiger charge is 2.18. The number of benzene rings is 1. The smallest absolute Gasteiger partial charge is 0.304 e. The quantitative estimate of drug-likeness (QED) is 0.651. The lowest BCUT2D eigenvalue weighted by molar-refractivity contribution is -0.387. The second kappa shape index (κ2) is 6.44. The zero-order chi connectivity index (χ0) is 14.4. The number of nitrogens with one attached hydrogen (secondary N) is 1. The first-order valence-corrected chi connectivity index (χ1v) is 5.61. The van der Waals surface area contributed by atoms with Gasteiger partial charge >= 0.3 is 5.69 Å². The first kappa shape index (κ1) is 14.6. The molecule has 1 N–H and O–H groups in total. The second-order valence-electron chi connectivity index (χ2n) is 3.86. The van der Waals surface area contributed by atoms with E-state index in [0.29, 0.717) is 6.42 Å². The summed E-state index contributed by atoms with van der Waals surface area (Å²) in [6.45, 7) is 1.80. The van der Waals surface area contributed by atoms with E-state index in [0.717, 1.165) is 12.1 Å². The minimum absolute atomic E-state index is 0.0144. The van der Waals surface area contributed by atoms with E-state index in [4.69, 9.17) is 5.26 Å². The molecule has 0 fully saturated rings. The number of nitriles is 1. The normalized spacial score (nSPS) is 11.4. The molecule has 0 saturated carbocycles. The molecule has 1 unspecified atom stereocenters. The maximum Gasteiger partial charge on any atom is 0.304 e. The Labute approximate surface area is 109 Å². The van der Waals surface area contributed by atoms with Crippen LogP contribution in [0.5, 0.6) is 0 Å². The van der Waals surface area contributed by atoms with Crippen LogP contribution in [0.3, 0.4) is 0 Å². The van der Waals surface area contributed by atoms with E-state index in [1.54, 1.807) is 6.92 Å². The van der Waals surface area contributed by atoms with E-state index < -0.39 is 22.3 Å². The third-order valence-electron chi connectivity index (χ3n) is 2.57. The van der Waals surface area contributed by atoms with Gasteiger partial charge in [0.2, 0.25) is 5.82 Å². The molecule has 100 valence electrons. The van der Waals surface area contributed by atoms with Crippen LogP contribution in [-0.4, -0.2) is 16.9 Å². The molecule has 6 nitrogen and oxygen atoms in total. The third-order valence-corrected chi connectivity index (χ3v) is 2.57. The van der Waals surface area contributed by atoms with Crippen molar-refractivity contribution in [1.82, 2.24) is 5.32 Å². The zero-order valence-electron chi connectivity index (χ0n) is 10.2. The van der Waals surface area contributed by atoms with Crippen molar-refractivity contribution < 1.29 is 14.1 Å². The molecule has 19 heavy (non-hydrogen) atoms. The van der Waals surface area contributed by atoms with E-state index in [1.165, 1.54) is 6.07 Å². The fourth-order valence-corrected chi connectivity index (χ4v) is 1.47. The highest BCUT2D eigenvalue weighted by molar-refractivity contribution is 5.94. The van der Waals surface area contributed by atoms with E-state index in [2.05, 4.69) is 5.32 Å². The lowest BCUT2D eigenvalue weighted by Gasteiger charge is -2.13. The van der Waals surface area contributed by atoms with Crippen molar-refractivity contribution in [3.63, 3.8) is 0 Å². The number of amides is 1. The summed E-state index contributed by atoms with van der Waals surface area (Å²) >= 11 is 0. The molecule has 0 aliphatic heterocycles. The summed E-state index contributed by atoms with van der Waals surface area (Å²) in [5, 5.41) is 21.6. The van der Waals surface area contributed by atoms with Crippen LogP contribution >= 0.6 is 0 Å². The van der Waals surface area contributed by atoms with Crippen molar-refractivity contribution in [2.24, 2.45) is 0 Å². The molecule has 7 heteroatoms. The second-order valence-corrected chi connectivity index (χ2v) is 3.86. The predicted molar refractivity (Wildman–Crippen MR) is 64.8 cm³/mol. The number of halogens is 1. The predicted octanol–water partition coefficient (Wildman–Crippen LogP) is 2.16. The molecule has 0 aromatic heterocycles. The topological polar surface area (TPSA) is 96.0 Å². The van der Waals surface area contributed by atoms with Gasteiger partial charge in [-0.25, -0.2) is 0 Å². The molecule has 0 spiro atoms. The Morgan fingerprint density at radius 1 is 1.63 bits per heavy atom. The largest absolute Gasteiger partial charge is 0.348 e. The lowest BCUT2D eigenvalue weighted by Crippen LogP contribution is -2.34. The molecule has 0 radical (unpaired) electrons. The van der Waals surface area contributed by atoms with Gasteiger partial charge in [0.25, 0.3) is 5.91 Å². The summed E-state index contributed by atoms with van der Waals surface area (Å²) in [6.07, 6.45) is 0.715. The molecule has 1 amide bonds. The number of rotatable bonds is 5. The molecule has 1 atom stereocenters. The van der Waals surface area contributed by atoms with Gasteiger partial charge in [-0.05, 0) is 18.6 Å². The van der Waals surface area contributed by atoms with Gasteiger partial charge in [0.1, 0.15) is 0 Å². The van der Waals surface area contributed by atoms with Crippen molar-refractivity contribution in [1.29, 1.82) is 5.26 Å². The Bertz CT molecular complexity index is 540. The molecule has 0 heterocycles. The van der Waals surface area contributed by atoms with Crippen LogP contribution in [0.25, 0.3) is 0 Å². The molecule has 0 aliphatic carbocycles. The van der Waals surface area contributed by atoms with Crippen LogP contribution in [0.2, 0.25) is 0 Å². The fourth-order valence-electron chi connectivity index (χ4n) is 1.47. The van der Waals surface area contributed by atoms with Gasteiger partial charge in [-0.15, -0.1) is 0 Å². The Kier molecular flexibility index (Phi) is 4.94. The van der Waals surface area contributed by atoms with Gasteiger partial charge in [0.15, 0.2) is 0 Å². The lowest BCUT2D eigenvalue weighted by atomic mass is 10.1. The minimum atomic E-state index is -1.06. The number of nitro groups is 1. The van der Waals surface area contributed by atoms with Crippen molar-refractivity contribution in [3.8, 4) is 6.07 Å². The van der Waals surface area contributed by atoms with Crippen molar-refractivity contribution >= 4 is 11.6 Å². The van der Waals surface area contributed by atoms with E-state index >= 15 is 0 Å². The zero-order valence-corrected chi connectivity index (χ0v) is 10.2. The average Bonchev–Trinajstić information content (AvgIpc) is 2.37. The molecule has 0 aliphatic rings. The number of hydrogen-bond acceptors (Lipinski definition) is 4. The molecule has 1 rings (SSSR count). The van der Waals surface area contributed by atoms with Gasteiger partial charge in [0, 0.05) is 17.7 Å². The maximum absolute atomic E-state index is 13.4. The number of carbonyl (C=O) groups excluding carboxylic acids is 1. The number of nitro benzene ring substituents is 1. The molecule has 0 saturated heterocycles. The van der Waals surface area contributed by atoms with Crippen LogP contribution in [0.1, 0.15) is 30.1 Å². The molecular formula is C12H12FN3O3. The highest BCUT2D eigenvalue weighted by Crippen LogP contribution is 2.18. The minimum Gasteiger partial charge on any atom is -0.348 e. The summed E-state index contributed by atoms with van der Waals surface area (Å²) in [5.41, 5.74) is -0.694. The van der Waals surface area contributed by atoms with Gasteiger partial charge in [-0.3, -0.25) is 14.9 Å². The number of nitrogens with zero attached hydrogens (tertiary/aromatic N) is 2. The molecule has 1 aromatic rings. The summed E-state index contributed by atoms with van der Waals surface area (Å²) < 4.78 is 13.4. The summed E-state index contributed by atoms with van der Waals surface area (Å²) in [5.74, 6) is -1.62. The van der Waals surface area contributed by atoms with E-state index in [9.17, 15) is 19.3 Å². The Balaban J connectivity index is 2.86. The van der Waals surface area contributed by atoms with Crippen LogP contribution in [-0.2, 0) is 0 Å². The van der Waals surface area contributed by atoms with Crippen molar-refractivity contribution in [2.45, 2.75) is 25.8 Å². The standard InChI is InChI=1S/C12H12FN3O3/c1-2-9(5-6-14)15-12(17)8-3-4-11(16(18)19)10(13)7-8/h3-4,7,9H,2,5H2,1H3,(H,15,17). The van der Waals surface area contributed by atoms with Crippen LogP contribution < -0.4 is 5.32 Å². The Morgan fingerprint density at radius 3 is 2.79 bits per heavy atom. The first-order chi connectivity index (χ1) is 8.99. The summed E-state index contributed by atoms with van der Waals surface area (Å²) in [4.78, 5) is 21.3. The Hall–Kier alpha value is -2.49. The monoisotopic (exact) mass is 265 g/mol. The van der Waals surface area contributed by atoms with E-state index in [1.807, 2.05) is 6.07 Å². The van der Waals surface area contributed by atoms with Crippen LogP contribution in [0, 0.1) is 27.3 Å². The Morgan fingerprint density at radius 2 is 2.32 bits per heavy atom. The average molecular weight is 265 g/mol. The van der Waals surface area contributed by atoms with Crippen molar-refractivity contribution in [3.05, 3.63) is 39.7 Å². The fraction of sp³-hybridized carbons (Fsp3) is 0.333. The molecule has 1 aromatic carbocycles. The third kappa shape index (κ3) is 3.74. The van der Waals surface area contributed by atoms with Gasteiger partial charge < -0.3 is 5.32 Å². The highest BCUT2D eigenvalue weighted by atomic mass is 19.1. The molecule has 0 bridgehead atoms. The molecular weight excluding hydrogens is 253 g/mol. The SMILES string of the molecule is CCC(CC#N)NC(=O)c1ccc([N+](=O)[O-])c(F)c1. The number of hydrogen-bond donors (Lipinski definition) is 1.